The van der Waals surface area contributed by atoms with E-state index in [9.17, 15) is 9.50 Å². The van der Waals surface area contributed by atoms with E-state index in [-0.39, 0.29) is 0 Å². The average molecular weight is 401 g/mol. The van der Waals surface area contributed by atoms with Gasteiger partial charge in [0.15, 0.2) is 5.65 Å². The van der Waals surface area contributed by atoms with Gasteiger partial charge in [-0.3, -0.25) is 4.98 Å². The fourth-order valence-corrected chi connectivity index (χ4v) is 3.89. The van der Waals surface area contributed by atoms with E-state index in [1.165, 1.54) is 17.8 Å². The minimum absolute atomic E-state index is 0.350. The molecule has 3 heterocycles. The molecule has 30 heavy (non-hydrogen) atoms. The third-order valence-electron chi connectivity index (χ3n) is 5.40. The number of aryl methyl sites for hydroxylation is 1. The number of benzene rings is 1. The van der Waals surface area contributed by atoms with Crippen LogP contribution in [0.1, 0.15) is 23.1 Å². The topological polar surface area (TPSA) is 75.3 Å². The van der Waals surface area contributed by atoms with Crippen LogP contribution in [0.4, 0.5) is 10.2 Å². The Hall–Kier alpha value is -3.74. The number of pyridine rings is 1. The summed E-state index contributed by atoms with van der Waals surface area (Å²) in [4.78, 5) is 8.58. The van der Waals surface area contributed by atoms with Crippen molar-refractivity contribution in [3.05, 3.63) is 77.5 Å². The lowest BCUT2D eigenvalue weighted by atomic mass is 10.0. The number of hydrogen-bond donors (Lipinski definition) is 2. The van der Waals surface area contributed by atoms with Crippen LogP contribution in [0.3, 0.4) is 0 Å². The van der Waals surface area contributed by atoms with Crippen LogP contribution in [0, 0.1) is 12.7 Å². The number of anilines is 1. The first-order valence-electron chi connectivity index (χ1n) is 9.80. The van der Waals surface area contributed by atoms with E-state index < -0.39 is 5.82 Å². The molecule has 0 aliphatic heterocycles. The van der Waals surface area contributed by atoms with Crippen molar-refractivity contribution in [2.24, 2.45) is 0 Å². The van der Waals surface area contributed by atoms with Crippen LogP contribution in [0.25, 0.3) is 22.5 Å². The Balaban J connectivity index is 1.42. The second kappa shape index (κ2) is 7.26. The first kappa shape index (κ1) is 18.3. The fraction of sp³-hybridized carbons (Fsp3) is 0.174. The smallest absolute Gasteiger partial charge is 0.160 e. The molecule has 0 saturated heterocycles. The first-order valence-corrected chi connectivity index (χ1v) is 9.80. The van der Waals surface area contributed by atoms with Crippen LogP contribution >= 0.6 is 0 Å². The Morgan fingerprint density at radius 2 is 2.10 bits per heavy atom. The molecular weight excluding hydrogens is 381 g/mol. The van der Waals surface area contributed by atoms with E-state index in [2.05, 4.69) is 26.5 Å². The number of aromatic hydroxyl groups is 1. The Kier molecular flexibility index (Phi) is 4.43. The van der Waals surface area contributed by atoms with Gasteiger partial charge in [0.05, 0.1) is 18.1 Å². The normalized spacial score (nSPS) is 12.8. The molecule has 0 amide bonds. The number of allylic oxidation sites excluding steroid dienone is 1. The van der Waals surface area contributed by atoms with E-state index >= 15 is 0 Å². The number of hydrogen-bond acceptors (Lipinski definition) is 5. The number of nitrogens with zero attached hydrogens (tertiary/aromatic N) is 4. The molecule has 2 N–H and O–H groups in total. The maximum absolute atomic E-state index is 13.7. The Morgan fingerprint density at radius 3 is 2.97 bits per heavy atom. The van der Waals surface area contributed by atoms with Gasteiger partial charge in [-0.2, -0.15) is 9.61 Å². The molecule has 0 saturated carbocycles. The number of rotatable bonds is 5. The highest BCUT2D eigenvalue weighted by Crippen LogP contribution is 2.35. The molecule has 6 nitrogen and oxygen atoms in total. The summed E-state index contributed by atoms with van der Waals surface area (Å²) >= 11 is 0. The quantitative estimate of drug-likeness (QED) is 0.519. The van der Waals surface area contributed by atoms with Crippen molar-refractivity contribution >= 4 is 17.0 Å². The molecular formula is C23H20FN5O. The molecule has 0 unspecified atom stereocenters. The van der Waals surface area contributed by atoms with Crippen molar-refractivity contribution < 1.29 is 9.50 Å². The summed E-state index contributed by atoms with van der Waals surface area (Å²) in [5.41, 5.74) is 6.22. The number of halogens is 1. The molecule has 3 aromatic heterocycles. The van der Waals surface area contributed by atoms with E-state index in [1.54, 1.807) is 23.0 Å². The largest absolute Gasteiger partial charge is 0.508 e. The molecule has 0 radical (unpaired) electrons. The predicted octanol–water partition coefficient (Wildman–Crippen LogP) is 4.39. The molecule has 0 spiro atoms. The van der Waals surface area contributed by atoms with Gasteiger partial charge in [0, 0.05) is 35.5 Å². The van der Waals surface area contributed by atoms with Crippen molar-refractivity contribution in [1.82, 2.24) is 19.6 Å². The molecule has 150 valence electrons. The fourth-order valence-electron chi connectivity index (χ4n) is 3.89. The minimum atomic E-state index is -0.399. The van der Waals surface area contributed by atoms with E-state index in [4.69, 9.17) is 0 Å². The summed E-state index contributed by atoms with van der Waals surface area (Å²) in [5, 5.41) is 17.9. The third-order valence-corrected chi connectivity index (χ3v) is 5.40. The maximum Gasteiger partial charge on any atom is 0.160 e. The summed E-state index contributed by atoms with van der Waals surface area (Å²) in [6.07, 6.45) is 8.26. The van der Waals surface area contributed by atoms with Crippen molar-refractivity contribution in [2.75, 3.05) is 11.9 Å². The van der Waals surface area contributed by atoms with Gasteiger partial charge in [0.1, 0.15) is 17.4 Å². The maximum atomic E-state index is 13.7. The summed E-state index contributed by atoms with van der Waals surface area (Å²) in [5.74, 6) is 0.731. The van der Waals surface area contributed by atoms with Crippen LogP contribution in [0.15, 0.2) is 55.0 Å². The van der Waals surface area contributed by atoms with Crippen LogP contribution in [0.2, 0.25) is 0 Å². The molecule has 1 aliphatic rings. The summed E-state index contributed by atoms with van der Waals surface area (Å²) < 4.78 is 15.4. The lowest BCUT2D eigenvalue weighted by Crippen LogP contribution is -2.08. The molecule has 0 atom stereocenters. The van der Waals surface area contributed by atoms with E-state index in [0.29, 0.717) is 23.6 Å². The Morgan fingerprint density at radius 1 is 1.20 bits per heavy atom. The number of fused-ring (bicyclic) bond motifs is 2. The summed E-state index contributed by atoms with van der Waals surface area (Å²) in [6, 6.07) is 8.93. The van der Waals surface area contributed by atoms with Crippen LogP contribution in [0.5, 0.6) is 5.75 Å². The Labute approximate surface area is 172 Å². The lowest BCUT2D eigenvalue weighted by Gasteiger charge is -2.12. The molecule has 1 aliphatic carbocycles. The zero-order valence-corrected chi connectivity index (χ0v) is 16.4. The van der Waals surface area contributed by atoms with E-state index in [0.717, 1.165) is 41.0 Å². The molecule has 0 bridgehead atoms. The highest BCUT2D eigenvalue weighted by atomic mass is 19.1. The van der Waals surface area contributed by atoms with Gasteiger partial charge in [-0.05, 0) is 43.0 Å². The van der Waals surface area contributed by atoms with Crippen molar-refractivity contribution in [3.8, 4) is 17.0 Å². The monoisotopic (exact) mass is 401 g/mol. The molecule has 0 fully saturated rings. The van der Waals surface area contributed by atoms with Crippen LogP contribution in [-0.4, -0.2) is 31.2 Å². The van der Waals surface area contributed by atoms with Crippen molar-refractivity contribution in [3.63, 3.8) is 0 Å². The Bertz CT molecular complexity index is 1290. The second-order valence-electron chi connectivity index (χ2n) is 7.39. The predicted molar refractivity (Wildman–Crippen MR) is 114 cm³/mol. The van der Waals surface area contributed by atoms with Gasteiger partial charge >= 0.3 is 0 Å². The zero-order valence-electron chi connectivity index (χ0n) is 16.4. The first-order chi connectivity index (χ1) is 14.6. The minimum Gasteiger partial charge on any atom is -0.508 e. The number of phenols is 1. The van der Waals surface area contributed by atoms with Gasteiger partial charge in [0.2, 0.25) is 0 Å². The van der Waals surface area contributed by atoms with Crippen LogP contribution in [-0.2, 0) is 6.42 Å². The number of nitrogens with one attached hydrogen (secondary N) is 1. The third kappa shape index (κ3) is 3.18. The summed E-state index contributed by atoms with van der Waals surface area (Å²) in [6.45, 7) is 2.62. The zero-order chi connectivity index (χ0) is 20.7. The van der Waals surface area contributed by atoms with Gasteiger partial charge in [-0.15, -0.1) is 0 Å². The summed E-state index contributed by atoms with van der Waals surface area (Å²) in [7, 11) is 0. The van der Waals surface area contributed by atoms with Crippen molar-refractivity contribution in [2.45, 2.75) is 19.8 Å². The number of phenolic OH excluding ortho intramolecular Hbond substituents is 1. The second-order valence-corrected chi connectivity index (χ2v) is 7.39. The highest BCUT2D eigenvalue weighted by molar-refractivity contribution is 5.75. The molecule has 5 rings (SSSR count). The van der Waals surface area contributed by atoms with Gasteiger partial charge < -0.3 is 10.4 Å². The molecule has 1 aromatic carbocycles. The van der Waals surface area contributed by atoms with Gasteiger partial charge in [-0.1, -0.05) is 18.2 Å². The van der Waals surface area contributed by atoms with Gasteiger partial charge in [-0.25, -0.2) is 9.37 Å². The average Bonchev–Trinajstić information content (AvgIpc) is 3.33. The SMILES string of the molecule is Cc1cnn2c(NCCC3=CCc4c(O)cccc43)cc(-c3cncc(F)c3)nc12. The number of aromatic nitrogens is 4. The highest BCUT2D eigenvalue weighted by Gasteiger charge is 2.17. The molecule has 4 aromatic rings. The lowest BCUT2D eigenvalue weighted by molar-refractivity contribution is 0.470. The van der Waals surface area contributed by atoms with E-state index in [1.807, 2.05) is 25.1 Å². The standard InChI is InChI=1S/C23H20FN5O/c1-14-11-27-29-22(10-20(28-23(14)29)16-9-17(24)13-25-12-16)26-8-7-15-5-6-19-18(15)3-2-4-21(19)30/h2-5,9-13,26,30H,6-8H2,1H3. The van der Waals surface area contributed by atoms with Gasteiger partial charge in [0.25, 0.3) is 0 Å². The van der Waals surface area contributed by atoms with Crippen LogP contribution < -0.4 is 5.32 Å². The van der Waals surface area contributed by atoms with Crippen molar-refractivity contribution in [1.29, 1.82) is 0 Å². The molecule has 7 heteroatoms.